The Morgan fingerprint density at radius 3 is 2.11 bits per heavy atom. The Labute approximate surface area is 160 Å². The van der Waals surface area contributed by atoms with Gasteiger partial charge in [0.15, 0.2) is 0 Å². The summed E-state index contributed by atoms with van der Waals surface area (Å²) in [4.78, 5) is 29.4. The van der Waals surface area contributed by atoms with E-state index in [1.165, 1.54) is 0 Å². The topological polar surface area (TPSA) is 49.9 Å². The third kappa shape index (κ3) is 4.13. The number of hydrogen-bond donors (Lipinski definition) is 0. The number of rotatable bonds is 3. The van der Waals surface area contributed by atoms with E-state index in [0.717, 1.165) is 23.3 Å². The minimum absolute atomic E-state index is 0.0206. The summed E-state index contributed by atoms with van der Waals surface area (Å²) in [5.41, 5.74) is 3.25. The summed E-state index contributed by atoms with van der Waals surface area (Å²) >= 11 is 0. The molecule has 1 heterocycles. The lowest BCUT2D eigenvalue weighted by molar-refractivity contribution is 0.0718. The standard InChI is InChI=1S/C22H26N2O3/c1-16-15-20(27-3)17(2)14-19(16)22(26)24-11-7-10-23(12-13-24)21(25)18-8-5-4-6-9-18/h4-6,8-9,14-15H,7,10-13H2,1-3H3. The summed E-state index contributed by atoms with van der Waals surface area (Å²) in [5.74, 6) is 0.841. The second-order valence-corrected chi connectivity index (χ2v) is 6.94. The van der Waals surface area contributed by atoms with Crippen molar-refractivity contribution < 1.29 is 14.3 Å². The number of hydrogen-bond acceptors (Lipinski definition) is 3. The van der Waals surface area contributed by atoms with Crippen molar-refractivity contribution in [2.24, 2.45) is 0 Å². The van der Waals surface area contributed by atoms with Gasteiger partial charge in [0, 0.05) is 37.3 Å². The summed E-state index contributed by atoms with van der Waals surface area (Å²) in [7, 11) is 1.64. The van der Waals surface area contributed by atoms with Gasteiger partial charge in [-0.05, 0) is 55.7 Å². The minimum Gasteiger partial charge on any atom is -0.496 e. The van der Waals surface area contributed by atoms with E-state index in [-0.39, 0.29) is 11.8 Å². The molecular formula is C22H26N2O3. The lowest BCUT2D eigenvalue weighted by atomic mass is 10.0. The lowest BCUT2D eigenvalue weighted by Crippen LogP contribution is -2.37. The molecule has 1 aliphatic rings. The zero-order valence-corrected chi connectivity index (χ0v) is 16.2. The molecule has 1 fully saturated rings. The summed E-state index contributed by atoms with van der Waals surface area (Å²) < 4.78 is 5.34. The van der Waals surface area contributed by atoms with Crippen molar-refractivity contribution >= 4 is 11.8 Å². The van der Waals surface area contributed by atoms with Gasteiger partial charge in [-0.3, -0.25) is 9.59 Å². The maximum Gasteiger partial charge on any atom is 0.254 e. The molecule has 0 bridgehead atoms. The van der Waals surface area contributed by atoms with Gasteiger partial charge in [-0.15, -0.1) is 0 Å². The van der Waals surface area contributed by atoms with E-state index in [9.17, 15) is 9.59 Å². The van der Waals surface area contributed by atoms with Crippen LogP contribution in [0.2, 0.25) is 0 Å². The first-order chi connectivity index (χ1) is 13.0. The van der Waals surface area contributed by atoms with Gasteiger partial charge in [-0.1, -0.05) is 18.2 Å². The molecule has 3 rings (SSSR count). The molecule has 0 radical (unpaired) electrons. The Morgan fingerprint density at radius 2 is 1.48 bits per heavy atom. The van der Waals surface area contributed by atoms with Crippen LogP contribution in [0.3, 0.4) is 0 Å². The molecule has 27 heavy (non-hydrogen) atoms. The fourth-order valence-electron chi connectivity index (χ4n) is 3.50. The fourth-order valence-corrected chi connectivity index (χ4v) is 3.50. The van der Waals surface area contributed by atoms with Crippen LogP contribution in [0.5, 0.6) is 5.75 Å². The molecule has 0 spiro atoms. The Bertz CT molecular complexity index is 833. The first kappa shape index (κ1) is 19.0. The van der Waals surface area contributed by atoms with Crippen LogP contribution in [0.15, 0.2) is 42.5 Å². The first-order valence-corrected chi connectivity index (χ1v) is 9.30. The van der Waals surface area contributed by atoms with Crippen molar-refractivity contribution in [2.75, 3.05) is 33.3 Å². The zero-order valence-electron chi connectivity index (χ0n) is 16.2. The molecule has 0 unspecified atom stereocenters. The second kappa shape index (κ2) is 8.25. The number of carbonyl (C=O) groups is 2. The maximum absolute atomic E-state index is 13.1. The van der Waals surface area contributed by atoms with E-state index >= 15 is 0 Å². The van der Waals surface area contributed by atoms with Crippen molar-refractivity contribution in [1.29, 1.82) is 0 Å². The molecule has 2 aromatic rings. The highest BCUT2D eigenvalue weighted by molar-refractivity contribution is 5.96. The normalized spacial score (nSPS) is 14.6. The maximum atomic E-state index is 13.1. The van der Waals surface area contributed by atoms with Gasteiger partial charge < -0.3 is 14.5 Å². The van der Waals surface area contributed by atoms with Gasteiger partial charge in [0.2, 0.25) is 0 Å². The number of benzene rings is 2. The summed E-state index contributed by atoms with van der Waals surface area (Å²) in [6, 6.07) is 13.1. The van der Waals surface area contributed by atoms with E-state index < -0.39 is 0 Å². The van der Waals surface area contributed by atoms with Crippen molar-refractivity contribution in [3.8, 4) is 5.75 Å². The predicted octanol–water partition coefficient (Wildman–Crippen LogP) is 3.30. The number of methoxy groups -OCH3 is 1. The van der Waals surface area contributed by atoms with Gasteiger partial charge in [0.25, 0.3) is 11.8 Å². The minimum atomic E-state index is 0.0206. The van der Waals surface area contributed by atoms with Crippen molar-refractivity contribution in [3.05, 3.63) is 64.7 Å². The van der Waals surface area contributed by atoms with E-state index in [1.54, 1.807) is 7.11 Å². The van der Waals surface area contributed by atoms with Crippen LogP contribution >= 0.6 is 0 Å². The fraction of sp³-hybridized carbons (Fsp3) is 0.364. The molecule has 2 aromatic carbocycles. The highest BCUT2D eigenvalue weighted by atomic mass is 16.5. The van der Waals surface area contributed by atoms with Gasteiger partial charge in [0.1, 0.15) is 5.75 Å². The Morgan fingerprint density at radius 1 is 0.852 bits per heavy atom. The quantitative estimate of drug-likeness (QED) is 0.837. The van der Waals surface area contributed by atoms with Crippen LogP contribution in [0.4, 0.5) is 0 Å². The number of nitrogens with zero attached hydrogens (tertiary/aromatic N) is 2. The van der Waals surface area contributed by atoms with Gasteiger partial charge in [0.05, 0.1) is 7.11 Å². The average molecular weight is 366 g/mol. The number of ether oxygens (including phenoxy) is 1. The van der Waals surface area contributed by atoms with Crippen LogP contribution in [0.25, 0.3) is 0 Å². The molecule has 2 amide bonds. The molecule has 0 atom stereocenters. The Kier molecular flexibility index (Phi) is 5.79. The Balaban J connectivity index is 1.72. The number of carbonyl (C=O) groups excluding carboxylic acids is 2. The molecular weight excluding hydrogens is 340 g/mol. The number of aryl methyl sites for hydroxylation is 2. The Hall–Kier alpha value is -2.82. The van der Waals surface area contributed by atoms with E-state index in [1.807, 2.05) is 66.1 Å². The smallest absolute Gasteiger partial charge is 0.254 e. The first-order valence-electron chi connectivity index (χ1n) is 9.30. The molecule has 0 N–H and O–H groups in total. The third-order valence-corrected chi connectivity index (χ3v) is 5.06. The van der Waals surface area contributed by atoms with Crippen LogP contribution < -0.4 is 4.74 Å². The zero-order chi connectivity index (χ0) is 19.4. The third-order valence-electron chi connectivity index (χ3n) is 5.06. The lowest BCUT2D eigenvalue weighted by Gasteiger charge is -2.23. The molecule has 5 heteroatoms. The molecule has 1 saturated heterocycles. The molecule has 0 aromatic heterocycles. The van der Waals surface area contributed by atoms with Crippen LogP contribution in [-0.2, 0) is 0 Å². The summed E-state index contributed by atoms with van der Waals surface area (Å²) in [6.45, 7) is 6.28. The van der Waals surface area contributed by atoms with Crippen molar-refractivity contribution in [3.63, 3.8) is 0 Å². The number of amides is 2. The second-order valence-electron chi connectivity index (χ2n) is 6.94. The van der Waals surface area contributed by atoms with E-state index in [4.69, 9.17) is 4.74 Å². The van der Waals surface area contributed by atoms with E-state index in [2.05, 4.69) is 0 Å². The predicted molar refractivity (Wildman–Crippen MR) is 105 cm³/mol. The average Bonchev–Trinajstić information content (AvgIpc) is 2.95. The van der Waals surface area contributed by atoms with Crippen LogP contribution in [0, 0.1) is 13.8 Å². The SMILES string of the molecule is COc1cc(C)c(C(=O)N2CCCN(C(=O)c3ccccc3)CC2)cc1C. The van der Waals surface area contributed by atoms with E-state index in [0.29, 0.717) is 37.3 Å². The molecule has 5 nitrogen and oxygen atoms in total. The molecule has 1 aliphatic heterocycles. The van der Waals surface area contributed by atoms with Gasteiger partial charge in [-0.2, -0.15) is 0 Å². The van der Waals surface area contributed by atoms with Crippen molar-refractivity contribution in [2.45, 2.75) is 20.3 Å². The monoisotopic (exact) mass is 366 g/mol. The largest absolute Gasteiger partial charge is 0.496 e. The highest BCUT2D eigenvalue weighted by Gasteiger charge is 2.24. The summed E-state index contributed by atoms with van der Waals surface area (Å²) in [5, 5.41) is 0. The van der Waals surface area contributed by atoms with Crippen LogP contribution in [0.1, 0.15) is 38.3 Å². The highest BCUT2D eigenvalue weighted by Crippen LogP contribution is 2.24. The van der Waals surface area contributed by atoms with Gasteiger partial charge >= 0.3 is 0 Å². The van der Waals surface area contributed by atoms with Crippen LogP contribution in [-0.4, -0.2) is 54.9 Å². The molecule has 0 saturated carbocycles. The molecule has 142 valence electrons. The summed E-state index contributed by atoms with van der Waals surface area (Å²) in [6.07, 6.45) is 0.776. The molecule has 0 aliphatic carbocycles. The van der Waals surface area contributed by atoms with Crippen molar-refractivity contribution in [1.82, 2.24) is 9.80 Å². The van der Waals surface area contributed by atoms with Gasteiger partial charge in [-0.25, -0.2) is 0 Å².